The summed E-state index contributed by atoms with van der Waals surface area (Å²) in [6.07, 6.45) is 2.27. The fraction of sp³-hybridized carbons (Fsp3) is 0.778. The Balaban J connectivity index is 4.63. The van der Waals surface area contributed by atoms with Crippen molar-refractivity contribution >= 4 is 60.3 Å². The van der Waals surface area contributed by atoms with Crippen molar-refractivity contribution in [2.75, 3.05) is 6.61 Å². The second kappa shape index (κ2) is 7.86. The van der Waals surface area contributed by atoms with Crippen LogP contribution in [-0.4, -0.2) is 14.7 Å². The fourth-order valence-corrected chi connectivity index (χ4v) is 18.3. The third kappa shape index (κ3) is 6.82. The minimum Gasteiger partial charge on any atom is -0.487 e. The first-order chi connectivity index (χ1) is 6.80. The molecule has 0 aliphatic rings. The number of hydrogen-bond donors (Lipinski definition) is 0. The summed E-state index contributed by atoms with van der Waals surface area (Å²) in [5.74, 6) is 0. The van der Waals surface area contributed by atoms with E-state index in [9.17, 15) is 0 Å². The lowest BCUT2D eigenvalue weighted by atomic mass is 10.4. The van der Waals surface area contributed by atoms with Crippen molar-refractivity contribution in [3.05, 3.63) is 9.61 Å². The Labute approximate surface area is 120 Å². The average Bonchev–Trinajstić information content (AvgIpc) is 2.00. The third-order valence-electron chi connectivity index (χ3n) is 1.79. The summed E-state index contributed by atoms with van der Waals surface area (Å²) < 4.78 is 6.66. The molecule has 90 valence electrons. The summed E-state index contributed by atoms with van der Waals surface area (Å²) in [5, 5.41) is -0.418. The van der Waals surface area contributed by atoms with E-state index in [4.69, 9.17) is 4.74 Å². The Kier molecular flexibility index (Phi) is 8.71. The smallest absolute Gasteiger partial charge is 0.163 e. The Morgan fingerprint density at radius 3 is 2.13 bits per heavy atom. The zero-order chi connectivity index (χ0) is 12.1. The maximum Gasteiger partial charge on any atom is 0.163 e. The normalized spacial score (nSPS) is 14.1. The summed E-state index contributed by atoms with van der Waals surface area (Å²) in [5.41, 5.74) is 0. The Hall–Kier alpha value is 1.63. The molecule has 0 rings (SSSR count). The van der Waals surface area contributed by atoms with Gasteiger partial charge >= 0.3 is 0 Å². The zero-order valence-electron chi connectivity index (χ0n) is 9.61. The zero-order valence-corrected chi connectivity index (χ0v) is 16.3. The minimum atomic E-state index is -1.33. The lowest BCUT2D eigenvalue weighted by Crippen LogP contribution is -2.23. The van der Waals surface area contributed by atoms with Crippen molar-refractivity contribution in [1.82, 2.24) is 0 Å². The summed E-state index contributed by atoms with van der Waals surface area (Å²) in [7, 11) is -1.33. The third-order valence-corrected chi connectivity index (χ3v) is 12.1. The van der Waals surface area contributed by atoms with Gasteiger partial charge in [0.25, 0.3) is 0 Å². The molecule has 0 aromatic rings. The van der Waals surface area contributed by atoms with Crippen molar-refractivity contribution in [1.29, 1.82) is 0 Å². The highest BCUT2D eigenvalue weighted by molar-refractivity contribution is 9.70. The molecule has 0 atom stereocenters. The summed E-state index contributed by atoms with van der Waals surface area (Å²) in [6.45, 7) is 9.94. The second-order valence-corrected chi connectivity index (χ2v) is 18.5. The molecular formula is C9H18Br3OPSi. The highest BCUT2D eigenvalue weighted by Crippen LogP contribution is 2.63. The van der Waals surface area contributed by atoms with E-state index in [0.29, 0.717) is 0 Å². The van der Waals surface area contributed by atoms with Gasteiger partial charge in [-0.2, -0.15) is 0 Å². The number of ether oxygens (including phenoxy) is 1. The molecule has 0 saturated carbocycles. The van der Waals surface area contributed by atoms with E-state index in [1.165, 1.54) is 11.4 Å². The number of unbranched alkanes of at least 4 members (excludes halogenated alkanes) is 1. The van der Waals surface area contributed by atoms with Gasteiger partial charge in [-0.15, -0.1) is 0 Å². The SMILES string of the molecule is CCCCO/C(Br)=C(/P(Br)Br)[Si](C)(C)C. The highest BCUT2D eigenvalue weighted by Gasteiger charge is 2.28. The van der Waals surface area contributed by atoms with E-state index in [1.54, 1.807) is 0 Å². The molecule has 0 bridgehead atoms. The van der Waals surface area contributed by atoms with Crippen molar-refractivity contribution in [3.63, 3.8) is 0 Å². The van der Waals surface area contributed by atoms with Gasteiger partial charge in [0.05, 0.1) is 20.0 Å². The lowest BCUT2D eigenvalue weighted by molar-refractivity contribution is 0.235. The molecule has 0 aliphatic carbocycles. The van der Waals surface area contributed by atoms with Crippen LogP contribution in [-0.2, 0) is 4.74 Å². The van der Waals surface area contributed by atoms with Gasteiger partial charge in [0.15, 0.2) is 4.67 Å². The van der Waals surface area contributed by atoms with Gasteiger partial charge in [-0.25, -0.2) is 0 Å². The topological polar surface area (TPSA) is 9.23 Å². The van der Waals surface area contributed by atoms with Crippen LogP contribution in [0, 0.1) is 0 Å². The average molecular weight is 441 g/mol. The molecule has 0 aromatic carbocycles. The van der Waals surface area contributed by atoms with Gasteiger partial charge in [0.1, 0.15) is 0 Å². The highest BCUT2D eigenvalue weighted by atomic mass is 79.9. The molecule has 0 aromatic heterocycles. The van der Waals surface area contributed by atoms with Crippen molar-refractivity contribution in [2.24, 2.45) is 0 Å². The quantitative estimate of drug-likeness (QED) is 0.202. The first-order valence-electron chi connectivity index (χ1n) is 4.95. The number of halogens is 3. The molecule has 0 N–H and O–H groups in total. The van der Waals surface area contributed by atoms with Crippen LogP contribution in [0.3, 0.4) is 0 Å². The molecule has 0 unspecified atom stereocenters. The molecular weight excluding hydrogens is 423 g/mol. The van der Waals surface area contributed by atoms with Gasteiger partial charge in [0.2, 0.25) is 0 Å². The van der Waals surface area contributed by atoms with Gasteiger partial charge in [-0.05, 0) is 53.3 Å². The standard InChI is InChI=1S/C9H18Br3OPSi/c1-5-6-7-13-8(10)9(14(11)12)15(2,3)4/h5-7H2,1-4H3/b9-8-. The van der Waals surface area contributed by atoms with Gasteiger partial charge in [-0.1, -0.05) is 33.0 Å². The summed E-state index contributed by atoms with van der Waals surface area (Å²) in [6, 6.07) is 0. The van der Waals surface area contributed by atoms with Crippen LogP contribution < -0.4 is 0 Å². The molecule has 0 radical (unpaired) electrons. The maximum atomic E-state index is 5.72. The molecule has 0 saturated heterocycles. The summed E-state index contributed by atoms with van der Waals surface area (Å²) in [4.78, 5) is 1.40. The Bertz CT molecular complexity index is 226. The van der Waals surface area contributed by atoms with E-state index in [2.05, 4.69) is 73.5 Å². The lowest BCUT2D eigenvalue weighted by Gasteiger charge is -2.23. The van der Waals surface area contributed by atoms with Crippen LogP contribution in [0.4, 0.5) is 0 Å². The molecule has 0 heterocycles. The predicted octanol–water partition coefficient (Wildman–Crippen LogP) is 6.35. The van der Waals surface area contributed by atoms with E-state index in [1.807, 2.05) is 0 Å². The minimum absolute atomic E-state index is 0.418. The van der Waals surface area contributed by atoms with Crippen LogP contribution in [0.5, 0.6) is 0 Å². The second-order valence-electron chi connectivity index (χ2n) is 4.31. The Morgan fingerprint density at radius 2 is 1.80 bits per heavy atom. The molecule has 0 fully saturated rings. The number of hydrogen-bond acceptors (Lipinski definition) is 1. The Morgan fingerprint density at radius 1 is 1.27 bits per heavy atom. The monoisotopic (exact) mass is 438 g/mol. The first-order valence-corrected chi connectivity index (χ1v) is 14.6. The van der Waals surface area contributed by atoms with Crippen molar-refractivity contribution in [3.8, 4) is 0 Å². The summed E-state index contributed by atoms with van der Waals surface area (Å²) >= 11 is 10.8. The van der Waals surface area contributed by atoms with Gasteiger partial charge in [-0.3, -0.25) is 0 Å². The maximum absolute atomic E-state index is 5.72. The fourth-order valence-electron chi connectivity index (χ4n) is 0.989. The molecule has 1 nitrogen and oxygen atoms in total. The molecule has 0 amide bonds. The van der Waals surface area contributed by atoms with Gasteiger partial charge in [0, 0.05) is 4.94 Å². The van der Waals surface area contributed by atoms with Crippen LogP contribution in [0.15, 0.2) is 9.61 Å². The molecule has 0 spiro atoms. The van der Waals surface area contributed by atoms with Crippen molar-refractivity contribution in [2.45, 2.75) is 39.4 Å². The van der Waals surface area contributed by atoms with E-state index >= 15 is 0 Å². The number of rotatable bonds is 6. The van der Waals surface area contributed by atoms with Crippen molar-refractivity contribution < 1.29 is 4.74 Å². The van der Waals surface area contributed by atoms with E-state index in [-0.39, 0.29) is 0 Å². The predicted molar refractivity (Wildman–Crippen MR) is 84.9 cm³/mol. The van der Waals surface area contributed by atoms with E-state index in [0.717, 1.165) is 17.7 Å². The first kappa shape index (κ1) is 16.6. The van der Waals surface area contributed by atoms with E-state index < -0.39 is 13.4 Å². The molecule has 0 aliphatic heterocycles. The molecule has 15 heavy (non-hydrogen) atoms. The molecule has 6 heteroatoms. The van der Waals surface area contributed by atoms with Gasteiger partial charge < -0.3 is 4.74 Å². The largest absolute Gasteiger partial charge is 0.487 e. The van der Waals surface area contributed by atoms with Crippen LogP contribution >= 0.6 is 52.2 Å². The van der Waals surface area contributed by atoms with Crippen LogP contribution in [0.25, 0.3) is 0 Å². The van der Waals surface area contributed by atoms with Crippen LogP contribution in [0.1, 0.15) is 19.8 Å². The van der Waals surface area contributed by atoms with Crippen LogP contribution in [0.2, 0.25) is 19.6 Å².